The normalized spacial score (nSPS) is 20.4. The van der Waals surface area contributed by atoms with Gasteiger partial charge in [0.15, 0.2) is 11.5 Å². The van der Waals surface area contributed by atoms with Gasteiger partial charge in [-0.2, -0.15) is 0 Å². The van der Waals surface area contributed by atoms with Crippen molar-refractivity contribution in [2.75, 3.05) is 32.2 Å². The zero-order chi connectivity index (χ0) is 20.2. The van der Waals surface area contributed by atoms with Crippen LogP contribution in [0.25, 0.3) is 0 Å². The number of methoxy groups -OCH3 is 2. The molecule has 2 aliphatic heterocycles. The zero-order valence-corrected chi connectivity index (χ0v) is 17.3. The van der Waals surface area contributed by atoms with Crippen LogP contribution < -0.4 is 19.7 Å². The molecule has 2 aromatic rings. The maximum Gasteiger partial charge on any atom is 0.225 e. The highest BCUT2D eigenvalue weighted by molar-refractivity contribution is 5.82. The third kappa shape index (κ3) is 4.04. The van der Waals surface area contributed by atoms with Gasteiger partial charge in [0.1, 0.15) is 0 Å². The van der Waals surface area contributed by atoms with Crippen LogP contribution in [0, 0.1) is 5.92 Å². The first-order chi connectivity index (χ1) is 14.2. The van der Waals surface area contributed by atoms with Crippen LogP contribution in [0.5, 0.6) is 11.5 Å². The minimum atomic E-state index is 0.0237. The number of carbonyl (C=O) groups excluding carboxylic acids is 1. The summed E-state index contributed by atoms with van der Waals surface area (Å²) in [6.45, 7) is 1.68. The summed E-state index contributed by atoms with van der Waals surface area (Å²) in [6.07, 6.45) is 5.11. The van der Waals surface area contributed by atoms with Crippen molar-refractivity contribution in [1.29, 1.82) is 0 Å². The highest BCUT2D eigenvalue weighted by Crippen LogP contribution is 2.38. The number of benzene rings is 2. The van der Waals surface area contributed by atoms with Gasteiger partial charge in [0, 0.05) is 24.8 Å². The number of anilines is 1. The second-order valence-corrected chi connectivity index (χ2v) is 7.93. The molecule has 0 saturated carbocycles. The molecule has 1 fully saturated rings. The summed E-state index contributed by atoms with van der Waals surface area (Å²) in [5.41, 5.74) is 3.74. The third-order valence-electron chi connectivity index (χ3n) is 6.25. The fourth-order valence-electron chi connectivity index (χ4n) is 4.78. The van der Waals surface area contributed by atoms with E-state index in [-0.39, 0.29) is 11.8 Å². The third-order valence-corrected chi connectivity index (χ3v) is 6.25. The van der Waals surface area contributed by atoms with Crippen LogP contribution in [-0.4, -0.2) is 39.3 Å². The van der Waals surface area contributed by atoms with Gasteiger partial charge >= 0.3 is 0 Å². The molecule has 2 aromatic carbocycles. The van der Waals surface area contributed by atoms with Crippen molar-refractivity contribution in [2.24, 2.45) is 5.92 Å². The molecule has 1 N–H and O–H groups in total. The first-order valence-electron chi connectivity index (χ1n) is 10.5. The molecular formula is C24H30N2O3. The summed E-state index contributed by atoms with van der Waals surface area (Å²) in [7, 11) is 3.27. The van der Waals surface area contributed by atoms with Crippen LogP contribution in [-0.2, 0) is 17.6 Å². The van der Waals surface area contributed by atoms with E-state index < -0.39 is 0 Å². The first-order valence-corrected chi connectivity index (χ1v) is 10.5. The summed E-state index contributed by atoms with van der Waals surface area (Å²) >= 11 is 0. The molecule has 0 spiro atoms. The molecule has 5 nitrogen and oxygen atoms in total. The molecule has 0 aliphatic carbocycles. The second kappa shape index (κ2) is 8.76. The average Bonchev–Trinajstić information content (AvgIpc) is 2.78. The Kier molecular flexibility index (Phi) is 5.93. The molecule has 29 heavy (non-hydrogen) atoms. The number of hydrogen-bond acceptors (Lipinski definition) is 4. The van der Waals surface area contributed by atoms with Crippen molar-refractivity contribution >= 4 is 11.6 Å². The monoisotopic (exact) mass is 394 g/mol. The molecule has 1 saturated heterocycles. The van der Waals surface area contributed by atoms with Crippen molar-refractivity contribution < 1.29 is 14.3 Å². The van der Waals surface area contributed by atoms with Gasteiger partial charge in [0.05, 0.1) is 20.1 Å². The maximum absolute atomic E-state index is 13.1. The lowest BCUT2D eigenvalue weighted by Crippen LogP contribution is -2.53. The van der Waals surface area contributed by atoms with Gasteiger partial charge in [-0.15, -0.1) is 0 Å². The summed E-state index contributed by atoms with van der Waals surface area (Å²) < 4.78 is 10.7. The number of ether oxygens (including phenoxy) is 2. The molecule has 0 aromatic heterocycles. The van der Waals surface area contributed by atoms with E-state index in [1.54, 1.807) is 14.2 Å². The Morgan fingerprint density at radius 1 is 1.10 bits per heavy atom. The number of nitrogens with zero attached hydrogens (tertiary/aromatic N) is 1. The highest BCUT2D eigenvalue weighted by Gasteiger charge is 2.39. The van der Waals surface area contributed by atoms with Crippen molar-refractivity contribution in [1.82, 2.24) is 5.32 Å². The standard InChI is InChI=1S/C24H30N2O3/c1-28-22-11-10-17(15-23(22)29-2)12-13-25-24(27)19-16-18-7-3-4-8-20(18)26-14-6-5-9-21(19)26/h3-4,7-8,10-11,15,19,21H,5-6,9,12-14,16H2,1-2H3,(H,25,27)/t19-,21+/m1/s1. The summed E-state index contributed by atoms with van der Waals surface area (Å²) in [5.74, 6) is 1.64. The highest BCUT2D eigenvalue weighted by atomic mass is 16.5. The van der Waals surface area contributed by atoms with Gasteiger partial charge in [-0.05, 0) is 61.4 Å². The topological polar surface area (TPSA) is 50.8 Å². The van der Waals surface area contributed by atoms with E-state index in [1.807, 2.05) is 18.2 Å². The fourth-order valence-corrected chi connectivity index (χ4v) is 4.78. The molecule has 2 atom stereocenters. The molecule has 2 aliphatic rings. The number of amides is 1. The minimum absolute atomic E-state index is 0.0237. The summed E-state index contributed by atoms with van der Waals surface area (Å²) in [4.78, 5) is 15.6. The van der Waals surface area contributed by atoms with Crippen LogP contribution >= 0.6 is 0 Å². The van der Waals surface area contributed by atoms with Gasteiger partial charge < -0.3 is 19.7 Å². The molecule has 154 valence electrons. The van der Waals surface area contributed by atoms with Gasteiger partial charge in [0.2, 0.25) is 5.91 Å². The van der Waals surface area contributed by atoms with E-state index in [0.29, 0.717) is 12.6 Å². The molecule has 0 bridgehead atoms. The molecule has 0 radical (unpaired) electrons. The van der Waals surface area contributed by atoms with Crippen molar-refractivity contribution in [2.45, 2.75) is 38.1 Å². The van der Waals surface area contributed by atoms with Gasteiger partial charge in [0.25, 0.3) is 0 Å². The predicted molar refractivity (Wildman–Crippen MR) is 115 cm³/mol. The number of rotatable bonds is 6. The molecular weight excluding hydrogens is 364 g/mol. The summed E-state index contributed by atoms with van der Waals surface area (Å²) in [6, 6.07) is 14.8. The van der Waals surface area contributed by atoms with E-state index in [9.17, 15) is 4.79 Å². The predicted octanol–water partition coefficient (Wildman–Crippen LogP) is 3.59. The number of piperidine rings is 1. The second-order valence-electron chi connectivity index (χ2n) is 7.93. The van der Waals surface area contributed by atoms with E-state index in [0.717, 1.165) is 42.9 Å². The van der Waals surface area contributed by atoms with E-state index >= 15 is 0 Å². The molecule has 2 heterocycles. The quantitative estimate of drug-likeness (QED) is 0.813. The van der Waals surface area contributed by atoms with Gasteiger partial charge in [-0.3, -0.25) is 4.79 Å². The Morgan fingerprint density at radius 3 is 2.76 bits per heavy atom. The number of fused-ring (bicyclic) bond motifs is 3. The lowest BCUT2D eigenvalue weighted by Gasteiger charge is -2.46. The first kappa shape index (κ1) is 19.6. The molecule has 1 amide bonds. The van der Waals surface area contributed by atoms with Crippen molar-refractivity contribution in [3.8, 4) is 11.5 Å². The van der Waals surface area contributed by atoms with E-state index in [4.69, 9.17) is 9.47 Å². The van der Waals surface area contributed by atoms with Crippen LogP contribution in [0.4, 0.5) is 5.69 Å². The van der Waals surface area contributed by atoms with Crippen molar-refractivity contribution in [3.63, 3.8) is 0 Å². The zero-order valence-electron chi connectivity index (χ0n) is 17.3. The molecule has 5 heteroatoms. The Hall–Kier alpha value is -2.69. The van der Waals surface area contributed by atoms with E-state index in [1.165, 1.54) is 24.1 Å². The Bertz CT molecular complexity index is 867. The Balaban J connectivity index is 1.41. The van der Waals surface area contributed by atoms with Gasteiger partial charge in [-0.25, -0.2) is 0 Å². The average molecular weight is 395 g/mol. The summed E-state index contributed by atoms with van der Waals surface area (Å²) in [5, 5.41) is 3.19. The largest absolute Gasteiger partial charge is 0.493 e. The molecule has 0 unspecified atom stereocenters. The van der Waals surface area contributed by atoms with Crippen LogP contribution in [0.15, 0.2) is 42.5 Å². The van der Waals surface area contributed by atoms with Crippen LogP contribution in [0.1, 0.15) is 30.4 Å². The number of para-hydroxylation sites is 1. The SMILES string of the molecule is COc1ccc(CCNC(=O)[C@@H]2Cc3ccccc3N3CCCC[C@@H]23)cc1OC. The van der Waals surface area contributed by atoms with Gasteiger partial charge in [-0.1, -0.05) is 24.3 Å². The van der Waals surface area contributed by atoms with Crippen molar-refractivity contribution in [3.05, 3.63) is 53.6 Å². The fraction of sp³-hybridized carbons (Fsp3) is 0.458. The number of hydrogen-bond donors (Lipinski definition) is 1. The number of nitrogens with one attached hydrogen (secondary N) is 1. The van der Waals surface area contributed by atoms with E-state index in [2.05, 4.69) is 34.5 Å². The Labute approximate surface area is 173 Å². The minimum Gasteiger partial charge on any atom is -0.493 e. The molecule has 4 rings (SSSR count). The smallest absolute Gasteiger partial charge is 0.225 e. The lowest BCUT2D eigenvalue weighted by atomic mass is 9.80. The Morgan fingerprint density at radius 2 is 1.93 bits per heavy atom. The van der Waals surface area contributed by atoms with Crippen LogP contribution in [0.2, 0.25) is 0 Å². The number of carbonyl (C=O) groups is 1. The van der Waals surface area contributed by atoms with Crippen LogP contribution in [0.3, 0.4) is 0 Å². The maximum atomic E-state index is 13.1. The lowest BCUT2D eigenvalue weighted by molar-refractivity contribution is -0.125.